The number of nitrogens with zero attached hydrogens (tertiary/aromatic N) is 3. The van der Waals surface area contributed by atoms with Crippen molar-refractivity contribution in [1.82, 2.24) is 4.98 Å². The monoisotopic (exact) mass is 1240 g/mol. The minimum absolute atomic E-state index is 0.645. The van der Waals surface area contributed by atoms with Gasteiger partial charge < -0.3 is 9.47 Å². The SMILES string of the molecule is [C-]#[N+]c1ccc2c3c(cccc13)-c1cc(-c3ccc(-c4cc5ccc6cc(-c7ccc8ccccc8c7)cc7ccc(c4)c5c67)cc3)ccc1O2.[C-]#[N+]c1ccc2c3c(cccc13)-c1cc(-c3ccc(-c4cc5ccc6cc(-c7cccnc7)cc7ccc(c4)c5c67)cc3)ccc1O2. The smallest absolute Gasteiger partial charge is 0.195 e. The fourth-order valence-electron chi connectivity index (χ4n) is 15.7. The van der Waals surface area contributed by atoms with Gasteiger partial charge in [0.25, 0.3) is 0 Å². The van der Waals surface area contributed by atoms with Crippen LogP contribution in [0.1, 0.15) is 0 Å². The van der Waals surface area contributed by atoms with Crippen molar-refractivity contribution in [2.24, 2.45) is 0 Å². The average Bonchev–Trinajstić information content (AvgIpc) is 0.754. The molecule has 0 fully saturated rings. The summed E-state index contributed by atoms with van der Waals surface area (Å²) < 4.78 is 12.7. The predicted molar refractivity (Wildman–Crippen MR) is 407 cm³/mol. The lowest BCUT2D eigenvalue weighted by molar-refractivity contribution is 0.487. The minimum Gasteiger partial charge on any atom is -0.456 e. The molecule has 2 aliphatic heterocycles. The molecule has 0 saturated carbocycles. The molecule has 0 bridgehead atoms. The standard InChI is InChI=1S/C49H27NO.C44H24N2O/c1-50-44-20-22-46-49-41(7-4-8-42(44)49)43-28-34(19-21-45(43)51-46)30-9-11-31(12-10-30)39-24-35-15-17-37-26-40(27-38-18-16-36(25-39)47(35)48(37)38)33-14-13-29-5-2-3-6-32(29)23-33;1-45-39-16-18-41-44-36(5-2-6-37(39)44)38-24-28(15-17-40(38)47-41)26-7-9-27(10-8-26)34-20-29-11-13-31-22-35(33-4-3-19-46-25-33)23-32-14-12-30(21-34)42(29)43(31)32/h2-28H;2-25H. The number of pyridine rings is 1. The van der Waals surface area contributed by atoms with Gasteiger partial charge in [0.2, 0.25) is 0 Å². The summed E-state index contributed by atoms with van der Waals surface area (Å²) in [6.07, 6.45) is 3.74. The average molecular weight is 1240 g/mol. The molecule has 0 amide bonds. The molecule has 3 heterocycles. The third-order valence-corrected chi connectivity index (χ3v) is 20.4. The third-order valence-electron chi connectivity index (χ3n) is 20.4. The molecule has 18 aromatic carbocycles. The lowest BCUT2D eigenvalue weighted by atomic mass is 9.89. The molecule has 0 aliphatic carbocycles. The second-order valence-electron chi connectivity index (χ2n) is 25.9. The van der Waals surface area contributed by atoms with E-state index in [4.69, 9.17) is 22.6 Å². The maximum absolute atomic E-state index is 7.64. The van der Waals surface area contributed by atoms with Crippen LogP contribution >= 0.6 is 0 Å². The number of rotatable bonds is 6. The van der Waals surface area contributed by atoms with E-state index in [2.05, 4.69) is 257 Å². The number of hydrogen-bond donors (Lipinski definition) is 0. The topological polar surface area (TPSA) is 40.1 Å². The van der Waals surface area contributed by atoms with Gasteiger partial charge in [-0.05, 0) is 256 Å². The van der Waals surface area contributed by atoms with Gasteiger partial charge in [-0.1, -0.05) is 200 Å². The summed E-state index contributed by atoms with van der Waals surface area (Å²) in [6.45, 7) is 15.3. The fraction of sp³-hybridized carbons (Fsp3) is 0. The lowest BCUT2D eigenvalue weighted by Crippen LogP contribution is -1.97. The Bertz CT molecular complexity index is 6540. The van der Waals surface area contributed by atoms with Crippen LogP contribution in [-0.4, -0.2) is 4.98 Å². The molecule has 0 atom stereocenters. The number of aromatic nitrogens is 1. The Labute approximate surface area is 563 Å². The third kappa shape index (κ3) is 8.75. The van der Waals surface area contributed by atoms with Gasteiger partial charge in [-0.2, -0.15) is 0 Å². The molecule has 2 aliphatic rings. The molecule has 19 aromatic rings. The zero-order valence-electron chi connectivity index (χ0n) is 52.6. The van der Waals surface area contributed by atoms with E-state index in [1.165, 1.54) is 114 Å². The number of fused-ring (bicyclic) bond motifs is 5. The first kappa shape index (κ1) is 55.0. The highest BCUT2D eigenvalue weighted by atomic mass is 16.5. The maximum Gasteiger partial charge on any atom is 0.195 e. The van der Waals surface area contributed by atoms with Crippen LogP contribution in [0.5, 0.6) is 23.0 Å². The first-order valence-corrected chi connectivity index (χ1v) is 33.0. The molecule has 0 N–H and O–H groups in total. The highest BCUT2D eigenvalue weighted by Crippen LogP contribution is 2.52. The van der Waals surface area contributed by atoms with Crippen molar-refractivity contribution in [2.75, 3.05) is 0 Å². The van der Waals surface area contributed by atoms with Crippen LogP contribution in [0.15, 0.2) is 310 Å². The molecule has 5 nitrogen and oxygen atoms in total. The maximum atomic E-state index is 7.64. The van der Waals surface area contributed by atoms with E-state index >= 15 is 0 Å². The lowest BCUT2D eigenvalue weighted by Gasteiger charge is -2.22. The van der Waals surface area contributed by atoms with Crippen molar-refractivity contribution in [3.63, 3.8) is 0 Å². The molecule has 0 unspecified atom stereocenters. The Morgan fingerprint density at radius 2 is 0.561 bits per heavy atom. The van der Waals surface area contributed by atoms with E-state index in [1.54, 1.807) is 0 Å². The summed E-state index contributed by atoms with van der Waals surface area (Å²) in [4.78, 5) is 11.8. The van der Waals surface area contributed by atoms with E-state index < -0.39 is 0 Å². The summed E-state index contributed by atoms with van der Waals surface area (Å²) >= 11 is 0. The van der Waals surface area contributed by atoms with E-state index in [1.807, 2.05) is 67.0 Å². The number of ether oxygens (including phenoxy) is 2. The molecule has 1 aromatic heterocycles. The molecule has 5 heteroatoms. The molecule has 0 saturated heterocycles. The first-order chi connectivity index (χ1) is 48.4. The second kappa shape index (κ2) is 21.5. The highest BCUT2D eigenvalue weighted by Gasteiger charge is 2.25. The number of benzene rings is 18. The van der Waals surface area contributed by atoms with E-state index in [-0.39, 0.29) is 0 Å². The van der Waals surface area contributed by atoms with E-state index in [0.29, 0.717) is 11.4 Å². The van der Waals surface area contributed by atoms with Crippen LogP contribution < -0.4 is 9.47 Å². The van der Waals surface area contributed by atoms with Crippen LogP contribution in [0, 0.1) is 13.1 Å². The van der Waals surface area contributed by atoms with Gasteiger partial charge in [-0.3, -0.25) is 4.98 Å². The molecule has 450 valence electrons. The molecular weight excluding hydrogens is 1190 g/mol. The summed E-state index contributed by atoms with van der Waals surface area (Å²) in [5.74, 6) is 3.28. The predicted octanol–water partition coefficient (Wildman–Crippen LogP) is 26.7. The van der Waals surface area contributed by atoms with Crippen molar-refractivity contribution in [3.8, 4) is 112 Å². The van der Waals surface area contributed by atoms with Gasteiger partial charge >= 0.3 is 0 Å². The van der Waals surface area contributed by atoms with Gasteiger partial charge in [-0.15, -0.1) is 0 Å². The largest absolute Gasteiger partial charge is 0.456 e. The highest BCUT2D eigenvalue weighted by molar-refractivity contribution is 6.26. The zero-order chi connectivity index (χ0) is 64.7. The summed E-state index contributed by atoms with van der Waals surface area (Å²) in [5.41, 5.74) is 19.7. The summed E-state index contributed by atoms with van der Waals surface area (Å²) in [7, 11) is 0. The normalized spacial score (nSPS) is 12.0. The Kier molecular flexibility index (Phi) is 12.1. The van der Waals surface area contributed by atoms with Gasteiger partial charge in [0.15, 0.2) is 11.4 Å². The van der Waals surface area contributed by atoms with Gasteiger partial charge in [0, 0.05) is 39.9 Å². The first-order valence-electron chi connectivity index (χ1n) is 33.0. The summed E-state index contributed by atoms with van der Waals surface area (Å²) in [6, 6.07) is 106. The van der Waals surface area contributed by atoms with Crippen LogP contribution in [0.25, 0.3) is 196 Å². The fourth-order valence-corrected chi connectivity index (χ4v) is 15.7. The zero-order valence-corrected chi connectivity index (χ0v) is 52.6. The van der Waals surface area contributed by atoms with Crippen LogP contribution in [0.4, 0.5) is 11.4 Å². The van der Waals surface area contributed by atoms with E-state index in [9.17, 15) is 0 Å². The van der Waals surface area contributed by atoms with Crippen LogP contribution in [0.3, 0.4) is 0 Å². The quantitative estimate of drug-likeness (QED) is 0.123. The molecule has 21 rings (SSSR count). The van der Waals surface area contributed by atoms with Crippen molar-refractivity contribution in [3.05, 3.63) is 332 Å². The van der Waals surface area contributed by atoms with Crippen molar-refractivity contribution in [2.45, 2.75) is 0 Å². The van der Waals surface area contributed by atoms with Crippen molar-refractivity contribution >= 4 is 108 Å². The summed E-state index contributed by atoms with van der Waals surface area (Å²) in [5, 5.41) is 21.7. The molecule has 98 heavy (non-hydrogen) atoms. The minimum atomic E-state index is 0.645. The van der Waals surface area contributed by atoms with E-state index in [0.717, 1.165) is 94.6 Å². The second-order valence-corrected chi connectivity index (χ2v) is 25.9. The van der Waals surface area contributed by atoms with Crippen molar-refractivity contribution in [1.29, 1.82) is 0 Å². The Hall–Kier alpha value is -13.5. The Morgan fingerprint density at radius 1 is 0.224 bits per heavy atom. The molecular formula is C93H51N3O2. The molecule has 0 radical (unpaired) electrons. The van der Waals surface area contributed by atoms with Crippen molar-refractivity contribution < 1.29 is 9.47 Å². The molecule has 0 spiro atoms. The number of hydrogen-bond acceptors (Lipinski definition) is 3. The Morgan fingerprint density at radius 3 is 0.969 bits per heavy atom. The van der Waals surface area contributed by atoms with Gasteiger partial charge in [-0.25, -0.2) is 9.69 Å². The van der Waals surface area contributed by atoms with Gasteiger partial charge in [0.05, 0.1) is 13.1 Å². The van der Waals surface area contributed by atoms with Crippen LogP contribution in [0.2, 0.25) is 0 Å². The van der Waals surface area contributed by atoms with Gasteiger partial charge in [0.1, 0.15) is 23.0 Å². The Balaban J connectivity index is 0.000000133. The van der Waals surface area contributed by atoms with Crippen LogP contribution in [-0.2, 0) is 0 Å².